The summed E-state index contributed by atoms with van der Waals surface area (Å²) in [5.41, 5.74) is 2.29. The highest BCUT2D eigenvalue weighted by molar-refractivity contribution is 5.96. The van der Waals surface area contributed by atoms with Crippen molar-refractivity contribution in [2.45, 2.75) is 39.2 Å². The molecule has 0 radical (unpaired) electrons. The lowest BCUT2D eigenvalue weighted by molar-refractivity contribution is 0.0728. The van der Waals surface area contributed by atoms with Gasteiger partial charge in [0.25, 0.3) is 0 Å². The number of carbonyl (C=O) groups is 1. The second-order valence-corrected chi connectivity index (χ2v) is 7.95. The van der Waals surface area contributed by atoms with E-state index in [4.69, 9.17) is 14.2 Å². The summed E-state index contributed by atoms with van der Waals surface area (Å²) in [7, 11) is 1.66. The van der Waals surface area contributed by atoms with Crippen molar-refractivity contribution in [2.75, 3.05) is 20.3 Å². The number of methoxy groups -OCH3 is 1. The first-order chi connectivity index (χ1) is 14.1. The van der Waals surface area contributed by atoms with E-state index in [0.717, 1.165) is 42.2 Å². The monoisotopic (exact) mass is 395 g/mol. The van der Waals surface area contributed by atoms with Crippen LogP contribution in [0.3, 0.4) is 0 Å². The molecule has 1 N–H and O–H groups in total. The minimum Gasteiger partial charge on any atom is -0.496 e. The van der Waals surface area contributed by atoms with E-state index in [1.807, 2.05) is 31.2 Å². The van der Waals surface area contributed by atoms with Crippen molar-refractivity contribution in [1.29, 1.82) is 0 Å². The summed E-state index contributed by atoms with van der Waals surface area (Å²) in [4.78, 5) is 13.1. The van der Waals surface area contributed by atoms with E-state index < -0.39 is 5.97 Å². The first-order valence-electron chi connectivity index (χ1n) is 10.5. The van der Waals surface area contributed by atoms with Crippen LogP contribution < -0.4 is 19.5 Å². The van der Waals surface area contributed by atoms with Crippen LogP contribution in [-0.2, 0) is 0 Å². The Morgan fingerprint density at radius 2 is 2.03 bits per heavy atom. The lowest BCUT2D eigenvalue weighted by Crippen LogP contribution is -2.21. The number of esters is 1. The molecule has 4 rings (SSSR count). The fourth-order valence-corrected chi connectivity index (χ4v) is 4.32. The number of hydrogen-bond donors (Lipinski definition) is 1. The number of fused-ring (bicyclic) bond motifs is 1. The highest BCUT2D eigenvalue weighted by atomic mass is 16.5. The van der Waals surface area contributed by atoms with Gasteiger partial charge in [0.1, 0.15) is 22.8 Å². The molecule has 0 spiro atoms. The normalized spacial score (nSPS) is 22.1. The van der Waals surface area contributed by atoms with E-state index in [1.165, 1.54) is 6.42 Å². The number of hydrogen-bond acceptors (Lipinski definition) is 5. The number of carbonyl (C=O) groups excluding carboxylic acids is 1. The van der Waals surface area contributed by atoms with Crippen LogP contribution in [-0.4, -0.2) is 26.2 Å². The van der Waals surface area contributed by atoms with Gasteiger partial charge in [0, 0.05) is 17.2 Å². The molecule has 0 amide bonds. The Bertz CT molecular complexity index is 880. The van der Waals surface area contributed by atoms with Crippen LogP contribution >= 0.6 is 0 Å². The smallest absolute Gasteiger partial charge is 0.347 e. The first kappa shape index (κ1) is 19.8. The Morgan fingerprint density at radius 3 is 2.66 bits per heavy atom. The molecule has 1 aliphatic carbocycles. The minimum absolute atomic E-state index is 0.251. The van der Waals surface area contributed by atoms with Crippen molar-refractivity contribution < 1.29 is 19.0 Å². The summed E-state index contributed by atoms with van der Waals surface area (Å²) in [5.74, 6) is 2.83. The Balaban J connectivity index is 1.72. The van der Waals surface area contributed by atoms with Gasteiger partial charge in [-0.2, -0.15) is 0 Å². The molecule has 2 aromatic carbocycles. The SMILES string of the molecule is CCCCOc1cc(C2NCC3CC32)c(OC)c(C)c1C(=O)Oc1ccccc1. The molecule has 1 saturated heterocycles. The van der Waals surface area contributed by atoms with Crippen molar-refractivity contribution >= 4 is 5.97 Å². The zero-order valence-corrected chi connectivity index (χ0v) is 17.4. The summed E-state index contributed by atoms with van der Waals surface area (Å²) in [6, 6.07) is 11.4. The molecule has 29 heavy (non-hydrogen) atoms. The summed E-state index contributed by atoms with van der Waals surface area (Å²) >= 11 is 0. The van der Waals surface area contributed by atoms with Gasteiger partial charge in [0.15, 0.2) is 0 Å². The third-order valence-corrected chi connectivity index (χ3v) is 5.97. The highest BCUT2D eigenvalue weighted by Crippen LogP contribution is 2.54. The van der Waals surface area contributed by atoms with Crippen LogP contribution in [0.4, 0.5) is 0 Å². The maximum atomic E-state index is 13.1. The predicted octanol–water partition coefficient (Wildman–Crippen LogP) is 4.68. The van der Waals surface area contributed by atoms with Gasteiger partial charge in [0.05, 0.1) is 13.7 Å². The average molecular weight is 395 g/mol. The van der Waals surface area contributed by atoms with Gasteiger partial charge in [-0.15, -0.1) is 0 Å². The molecule has 1 aliphatic heterocycles. The molecule has 5 heteroatoms. The maximum absolute atomic E-state index is 13.1. The molecule has 5 nitrogen and oxygen atoms in total. The van der Waals surface area contributed by atoms with Crippen molar-refractivity contribution in [3.8, 4) is 17.2 Å². The maximum Gasteiger partial charge on any atom is 0.347 e. The summed E-state index contributed by atoms with van der Waals surface area (Å²) in [6.07, 6.45) is 3.21. The second kappa shape index (κ2) is 8.46. The molecule has 1 saturated carbocycles. The average Bonchev–Trinajstić information content (AvgIpc) is 3.38. The molecule has 0 bridgehead atoms. The zero-order valence-electron chi connectivity index (χ0n) is 17.4. The van der Waals surface area contributed by atoms with Crippen LogP contribution in [0.2, 0.25) is 0 Å². The lowest BCUT2D eigenvalue weighted by atomic mass is 9.95. The zero-order chi connectivity index (χ0) is 20.4. The third kappa shape index (κ3) is 3.97. The summed E-state index contributed by atoms with van der Waals surface area (Å²) < 4.78 is 17.5. The minimum atomic E-state index is -0.422. The van der Waals surface area contributed by atoms with Crippen molar-refractivity contribution in [1.82, 2.24) is 5.32 Å². The van der Waals surface area contributed by atoms with E-state index in [1.54, 1.807) is 19.2 Å². The number of nitrogens with one attached hydrogen (secondary N) is 1. The number of unbranched alkanes of at least 4 members (excludes halogenated alkanes) is 1. The van der Waals surface area contributed by atoms with Crippen LogP contribution in [0.5, 0.6) is 17.2 Å². The number of piperidine rings is 1. The first-order valence-corrected chi connectivity index (χ1v) is 10.5. The van der Waals surface area contributed by atoms with E-state index in [0.29, 0.717) is 29.6 Å². The molecule has 3 unspecified atom stereocenters. The molecule has 2 aromatic rings. The molecular weight excluding hydrogens is 366 g/mol. The van der Waals surface area contributed by atoms with E-state index >= 15 is 0 Å². The largest absolute Gasteiger partial charge is 0.496 e. The van der Waals surface area contributed by atoms with Gasteiger partial charge in [-0.25, -0.2) is 4.79 Å². The Kier molecular flexibility index (Phi) is 5.76. The lowest BCUT2D eigenvalue weighted by Gasteiger charge is -2.23. The van der Waals surface area contributed by atoms with Crippen LogP contribution in [0.25, 0.3) is 0 Å². The quantitative estimate of drug-likeness (QED) is 0.399. The predicted molar refractivity (Wildman–Crippen MR) is 112 cm³/mol. The van der Waals surface area contributed by atoms with Gasteiger partial charge >= 0.3 is 5.97 Å². The molecule has 3 atom stereocenters. The molecule has 2 fully saturated rings. The van der Waals surface area contributed by atoms with Gasteiger partial charge in [-0.1, -0.05) is 31.5 Å². The number of para-hydroxylation sites is 1. The van der Waals surface area contributed by atoms with Crippen molar-refractivity contribution in [2.24, 2.45) is 11.8 Å². The van der Waals surface area contributed by atoms with Gasteiger partial charge in [-0.05, 0) is 56.3 Å². The van der Waals surface area contributed by atoms with Crippen molar-refractivity contribution in [3.63, 3.8) is 0 Å². The highest BCUT2D eigenvalue weighted by Gasteiger charge is 2.49. The Morgan fingerprint density at radius 1 is 1.24 bits per heavy atom. The third-order valence-electron chi connectivity index (χ3n) is 5.97. The number of ether oxygens (including phenoxy) is 3. The summed E-state index contributed by atoms with van der Waals surface area (Å²) in [6.45, 7) is 5.64. The fraction of sp³-hybridized carbons (Fsp3) is 0.458. The topological polar surface area (TPSA) is 56.8 Å². The molecule has 2 aliphatic rings. The molecular formula is C24H29NO4. The van der Waals surface area contributed by atoms with E-state index in [-0.39, 0.29) is 6.04 Å². The fourth-order valence-electron chi connectivity index (χ4n) is 4.32. The van der Waals surface area contributed by atoms with Gasteiger partial charge < -0.3 is 19.5 Å². The standard InChI is InChI=1S/C24H29NO4/c1-4-5-11-28-20-13-19(22-18-12-16(18)14-25-22)23(27-3)15(2)21(20)24(26)29-17-9-7-6-8-10-17/h6-10,13,16,18,22,25H,4-5,11-12,14H2,1-3H3. The van der Waals surface area contributed by atoms with E-state index in [9.17, 15) is 4.79 Å². The molecule has 1 heterocycles. The van der Waals surface area contributed by atoms with Crippen molar-refractivity contribution in [3.05, 3.63) is 53.1 Å². The van der Waals surface area contributed by atoms with Crippen LogP contribution in [0, 0.1) is 18.8 Å². The number of rotatable bonds is 8. The van der Waals surface area contributed by atoms with Crippen LogP contribution in [0.1, 0.15) is 53.7 Å². The van der Waals surface area contributed by atoms with Gasteiger partial charge in [-0.3, -0.25) is 0 Å². The van der Waals surface area contributed by atoms with E-state index in [2.05, 4.69) is 12.2 Å². The summed E-state index contributed by atoms with van der Waals surface area (Å²) in [5, 5.41) is 3.61. The second-order valence-electron chi connectivity index (χ2n) is 7.95. The Hall–Kier alpha value is -2.53. The molecule has 0 aromatic heterocycles. The number of benzene rings is 2. The van der Waals surface area contributed by atoms with Crippen LogP contribution in [0.15, 0.2) is 36.4 Å². The van der Waals surface area contributed by atoms with Gasteiger partial charge in [0.2, 0.25) is 0 Å². The molecule has 154 valence electrons. The Labute approximate surface area is 172 Å².